The Morgan fingerprint density at radius 2 is 1.90 bits per heavy atom. The van der Waals surface area contributed by atoms with Gasteiger partial charge in [-0.3, -0.25) is 9.59 Å². The molecule has 0 atom stereocenters. The first-order chi connectivity index (χ1) is 14.4. The Morgan fingerprint density at radius 1 is 1.10 bits per heavy atom. The van der Waals surface area contributed by atoms with E-state index in [0.29, 0.717) is 17.2 Å². The van der Waals surface area contributed by atoms with Crippen molar-refractivity contribution in [2.75, 3.05) is 5.73 Å². The first-order valence-corrected chi connectivity index (χ1v) is 11.1. The zero-order valence-corrected chi connectivity index (χ0v) is 18.1. The monoisotopic (exact) mass is 423 g/mol. The molecule has 2 heterocycles. The van der Waals surface area contributed by atoms with E-state index in [1.807, 2.05) is 26.0 Å². The number of nitrogens with zero attached hydrogens (tertiary/aromatic N) is 2. The standard InChI is InChI=1S/C23H25N3O3S/c1-13-7-8-15(11-14(13)2)17(27)9-10-20(28)29-12-19-25-22(24)21-16-5-3-4-6-18(16)30-23(21)26-19/h7-8,11H,3-6,9-10,12H2,1-2H3,(H2,24,25,26). The van der Waals surface area contributed by atoms with Gasteiger partial charge in [0.05, 0.1) is 11.8 Å². The summed E-state index contributed by atoms with van der Waals surface area (Å²) in [5.41, 5.74) is 10.3. The van der Waals surface area contributed by atoms with E-state index >= 15 is 0 Å². The van der Waals surface area contributed by atoms with E-state index in [0.717, 1.165) is 34.2 Å². The van der Waals surface area contributed by atoms with Gasteiger partial charge in [-0.05, 0) is 62.3 Å². The fraction of sp³-hybridized carbons (Fsp3) is 0.391. The van der Waals surface area contributed by atoms with Crippen molar-refractivity contribution in [2.45, 2.75) is 59.0 Å². The second-order valence-corrected chi connectivity index (χ2v) is 8.88. The van der Waals surface area contributed by atoms with Crippen molar-refractivity contribution in [1.29, 1.82) is 0 Å². The number of fused-ring (bicyclic) bond motifs is 3. The van der Waals surface area contributed by atoms with Gasteiger partial charge in [0.25, 0.3) is 0 Å². The second-order valence-electron chi connectivity index (χ2n) is 7.80. The lowest BCUT2D eigenvalue weighted by atomic mass is 9.97. The number of nitrogens with two attached hydrogens (primary N) is 1. The molecule has 0 bridgehead atoms. The Hall–Kier alpha value is -2.80. The zero-order chi connectivity index (χ0) is 21.3. The Morgan fingerprint density at radius 3 is 2.70 bits per heavy atom. The highest BCUT2D eigenvalue weighted by atomic mass is 32.1. The van der Waals surface area contributed by atoms with Crippen LogP contribution in [0.2, 0.25) is 0 Å². The minimum absolute atomic E-state index is 0.0246. The first kappa shape index (κ1) is 20.5. The topological polar surface area (TPSA) is 95.2 Å². The van der Waals surface area contributed by atoms with Crippen LogP contribution in [0, 0.1) is 13.8 Å². The number of carbonyl (C=O) groups is 2. The molecule has 7 heteroatoms. The summed E-state index contributed by atoms with van der Waals surface area (Å²) >= 11 is 1.66. The van der Waals surface area contributed by atoms with E-state index in [1.165, 1.54) is 23.3 Å². The van der Waals surface area contributed by atoms with Gasteiger partial charge in [0.1, 0.15) is 10.6 Å². The predicted molar refractivity (Wildman–Crippen MR) is 118 cm³/mol. The second kappa shape index (κ2) is 8.52. The van der Waals surface area contributed by atoms with Crippen LogP contribution in [0.4, 0.5) is 5.82 Å². The maximum Gasteiger partial charge on any atom is 0.306 e. The molecule has 1 aliphatic carbocycles. The number of benzene rings is 1. The fourth-order valence-electron chi connectivity index (χ4n) is 3.79. The molecule has 0 fully saturated rings. The number of anilines is 1. The first-order valence-electron chi connectivity index (χ1n) is 10.2. The molecule has 4 rings (SSSR count). The number of hydrogen-bond acceptors (Lipinski definition) is 7. The molecule has 0 unspecified atom stereocenters. The number of ether oxygens (including phenoxy) is 1. The molecule has 2 aromatic heterocycles. The number of carbonyl (C=O) groups excluding carboxylic acids is 2. The molecule has 30 heavy (non-hydrogen) atoms. The summed E-state index contributed by atoms with van der Waals surface area (Å²) in [4.78, 5) is 35.6. The van der Waals surface area contributed by atoms with Crippen LogP contribution in [0.5, 0.6) is 0 Å². The Labute approximate surface area is 179 Å². The van der Waals surface area contributed by atoms with Crippen LogP contribution < -0.4 is 5.73 Å². The SMILES string of the molecule is Cc1ccc(C(=O)CCC(=O)OCc2nc(N)c3c4c(sc3n2)CCCC4)cc1C. The number of nitrogen functional groups attached to an aromatic ring is 1. The highest BCUT2D eigenvalue weighted by Crippen LogP contribution is 2.37. The van der Waals surface area contributed by atoms with E-state index in [2.05, 4.69) is 9.97 Å². The van der Waals surface area contributed by atoms with Crippen LogP contribution in [0.15, 0.2) is 18.2 Å². The number of esters is 1. The van der Waals surface area contributed by atoms with Crippen molar-refractivity contribution in [1.82, 2.24) is 9.97 Å². The average molecular weight is 424 g/mol. The molecule has 0 saturated carbocycles. The molecule has 0 saturated heterocycles. The molecule has 6 nitrogen and oxygen atoms in total. The summed E-state index contributed by atoms with van der Waals surface area (Å²) < 4.78 is 5.30. The number of aromatic nitrogens is 2. The van der Waals surface area contributed by atoms with Gasteiger partial charge in [-0.2, -0.15) is 0 Å². The Balaban J connectivity index is 1.36. The lowest BCUT2D eigenvalue weighted by molar-refractivity contribution is -0.145. The van der Waals surface area contributed by atoms with E-state index in [9.17, 15) is 9.59 Å². The van der Waals surface area contributed by atoms with Gasteiger partial charge in [-0.15, -0.1) is 11.3 Å². The molecule has 2 N–H and O–H groups in total. The smallest absolute Gasteiger partial charge is 0.306 e. The summed E-state index contributed by atoms with van der Waals surface area (Å²) in [6.07, 6.45) is 4.58. The summed E-state index contributed by atoms with van der Waals surface area (Å²) in [5.74, 6) is 0.337. The molecule has 1 aromatic carbocycles. The zero-order valence-electron chi connectivity index (χ0n) is 17.3. The molecule has 3 aromatic rings. The van der Waals surface area contributed by atoms with Crippen molar-refractivity contribution >= 4 is 39.1 Å². The van der Waals surface area contributed by atoms with Crippen LogP contribution in [-0.4, -0.2) is 21.7 Å². The normalized spacial score (nSPS) is 13.3. The number of ketones is 1. The van der Waals surface area contributed by atoms with Gasteiger partial charge in [-0.1, -0.05) is 12.1 Å². The number of aryl methyl sites for hydroxylation is 4. The summed E-state index contributed by atoms with van der Waals surface area (Å²) in [6.45, 7) is 3.92. The van der Waals surface area contributed by atoms with Crippen LogP contribution in [0.1, 0.15) is 63.4 Å². The minimum atomic E-state index is -0.445. The van der Waals surface area contributed by atoms with Crippen LogP contribution in [-0.2, 0) is 29.0 Å². The van der Waals surface area contributed by atoms with Gasteiger partial charge < -0.3 is 10.5 Å². The molecule has 0 aliphatic heterocycles. The van der Waals surface area contributed by atoms with Crippen molar-refractivity contribution < 1.29 is 14.3 Å². The van der Waals surface area contributed by atoms with E-state index < -0.39 is 5.97 Å². The van der Waals surface area contributed by atoms with Crippen molar-refractivity contribution in [3.63, 3.8) is 0 Å². The summed E-state index contributed by atoms with van der Waals surface area (Å²) in [5, 5.41) is 0.962. The number of thiophene rings is 1. The van der Waals surface area contributed by atoms with E-state index in [-0.39, 0.29) is 25.2 Å². The van der Waals surface area contributed by atoms with Crippen LogP contribution >= 0.6 is 11.3 Å². The lowest BCUT2D eigenvalue weighted by Gasteiger charge is -2.10. The predicted octanol–water partition coefficient (Wildman–Crippen LogP) is 4.48. The molecule has 156 valence electrons. The van der Waals surface area contributed by atoms with Crippen LogP contribution in [0.25, 0.3) is 10.2 Å². The Bertz CT molecular complexity index is 1140. The minimum Gasteiger partial charge on any atom is -0.457 e. The third-order valence-electron chi connectivity index (χ3n) is 5.64. The third kappa shape index (κ3) is 4.21. The number of rotatable bonds is 6. The summed E-state index contributed by atoms with van der Waals surface area (Å²) in [7, 11) is 0. The fourth-order valence-corrected chi connectivity index (χ4v) is 5.08. The molecule has 0 radical (unpaired) electrons. The van der Waals surface area contributed by atoms with Crippen molar-refractivity contribution in [2.24, 2.45) is 0 Å². The highest BCUT2D eigenvalue weighted by molar-refractivity contribution is 7.19. The van der Waals surface area contributed by atoms with Crippen LogP contribution in [0.3, 0.4) is 0 Å². The molecule has 1 aliphatic rings. The lowest BCUT2D eigenvalue weighted by Crippen LogP contribution is -2.10. The van der Waals surface area contributed by atoms with Crippen molar-refractivity contribution in [3.05, 3.63) is 51.2 Å². The molecular weight excluding hydrogens is 398 g/mol. The summed E-state index contributed by atoms with van der Waals surface area (Å²) in [6, 6.07) is 5.57. The van der Waals surface area contributed by atoms with Gasteiger partial charge in [0.2, 0.25) is 0 Å². The molecule has 0 amide bonds. The third-order valence-corrected chi connectivity index (χ3v) is 6.82. The maximum absolute atomic E-state index is 12.3. The van der Waals surface area contributed by atoms with Gasteiger partial charge in [0, 0.05) is 16.9 Å². The maximum atomic E-state index is 12.3. The average Bonchev–Trinajstić information content (AvgIpc) is 3.11. The van der Waals surface area contributed by atoms with Gasteiger partial charge in [-0.25, -0.2) is 9.97 Å². The molecule has 0 spiro atoms. The van der Waals surface area contributed by atoms with Gasteiger partial charge >= 0.3 is 5.97 Å². The number of hydrogen-bond donors (Lipinski definition) is 1. The number of Topliss-reactive ketones (excluding diaryl/α,β-unsaturated/α-hetero) is 1. The van der Waals surface area contributed by atoms with E-state index in [1.54, 1.807) is 17.4 Å². The quantitative estimate of drug-likeness (QED) is 0.464. The van der Waals surface area contributed by atoms with Gasteiger partial charge in [0.15, 0.2) is 18.2 Å². The Kier molecular flexibility index (Phi) is 5.81. The highest BCUT2D eigenvalue weighted by Gasteiger charge is 2.20. The van der Waals surface area contributed by atoms with E-state index in [4.69, 9.17) is 10.5 Å². The molecular formula is C23H25N3O3S. The van der Waals surface area contributed by atoms with Crippen molar-refractivity contribution in [3.8, 4) is 0 Å². The largest absolute Gasteiger partial charge is 0.457 e.